The molecule has 0 bridgehead atoms. The summed E-state index contributed by atoms with van der Waals surface area (Å²) in [6.07, 6.45) is 23.4. The van der Waals surface area contributed by atoms with Crippen LogP contribution in [0.4, 0.5) is 11.4 Å². The van der Waals surface area contributed by atoms with E-state index in [0.29, 0.717) is 0 Å². The molecule has 5 aromatic carbocycles. The number of nitrogens with one attached hydrogen (secondary N) is 1. The van der Waals surface area contributed by atoms with Crippen LogP contribution in [0.2, 0.25) is 0 Å². The number of likely N-dealkylation sites (N-methyl/N-ethyl adjacent to an activating group) is 1. The van der Waals surface area contributed by atoms with E-state index in [4.69, 9.17) is 0 Å². The van der Waals surface area contributed by atoms with Gasteiger partial charge in [0.25, 0.3) is 0 Å². The van der Waals surface area contributed by atoms with Crippen LogP contribution in [0.3, 0.4) is 0 Å². The molecule has 0 saturated carbocycles. The summed E-state index contributed by atoms with van der Waals surface area (Å²) in [5.41, 5.74) is 21.0. The van der Waals surface area contributed by atoms with Crippen molar-refractivity contribution in [2.75, 3.05) is 12.4 Å². The molecule has 0 saturated heterocycles. The zero-order valence-electron chi connectivity index (χ0n) is 33.0. The van der Waals surface area contributed by atoms with E-state index in [-0.39, 0.29) is 0 Å². The maximum absolute atomic E-state index is 3.94. The minimum Gasteiger partial charge on any atom is -0.355 e. The van der Waals surface area contributed by atoms with Gasteiger partial charge in [-0.3, -0.25) is 0 Å². The van der Waals surface area contributed by atoms with E-state index in [0.717, 1.165) is 50.8 Å². The van der Waals surface area contributed by atoms with Gasteiger partial charge in [-0.05, 0) is 163 Å². The highest BCUT2D eigenvalue weighted by molar-refractivity contribution is 6.60. The summed E-state index contributed by atoms with van der Waals surface area (Å²) in [7, 11) is 2.98. The predicted octanol–water partition coefficient (Wildman–Crippen LogP) is 12.8. The van der Waals surface area contributed by atoms with Crippen molar-refractivity contribution in [1.82, 2.24) is 4.90 Å². The average Bonchev–Trinajstić information content (AvgIpc) is 3.56. The Bertz CT molecular complexity index is 2520. The zero-order chi connectivity index (χ0) is 37.9. The van der Waals surface area contributed by atoms with Crippen LogP contribution in [0.5, 0.6) is 0 Å². The van der Waals surface area contributed by atoms with Crippen molar-refractivity contribution in [2.24, 2.45) is 0 Å². The molecule has 0 aromatic heterocycles. The lowest BCUT2D eigenvalue weighted by molar-refractivity contribution is 0.571. The van der Waals surface area contributed by atoms with Gasteiger partial charge in [-0.25, -0.2) is 0 Å². The Balaban J connectivity index is 1.17. The van der Waals surface area contributed by atoms with Crippen molar-refractivity contribution in [3.63, 3.8) is 0 Å². The topological polar surface area (TPSA) is 15.3 Å². The molecule has 3 aliphatic carbocycles. The molecule has 5 aromatic rings. The minimum atomic E-state index is 0.839. The second-order valence-electron chi connectivity index (χ2n) is 15.6. The Morgan fingerprint density at radius 1 is 0.709 bits per heavy atom. The van der Waals surface area contributed by atoms with Gasteiger partial charge in [0.15, 0.2) is 7.28 Å². The van der Waals surface area contributed by atoms with E-state index < -0.39 is 0 Å². The van der Waals surface area contributed by atoms with Gasteiger partial charge in [-0.1, -0.05) is 108 Å². The summed E-state index contributed by atoms with van der Waals surface area (Å²) >= 11 is 0. The number of allylic oxidation sites excluding steroid dienone is 11. The first-order chi connectivity index (χ1) is 26.8. The maximum Gasteiger partial charge on any atom is 0.183 e. The number of fused-ring (bicyclic) bond motifs is 4. The summed E-state index contributed by atoms with van der Waals surface area (Å²) in [4.78, 5) is 2.23. The van der Waals surface area contributed by atoms with Gasteiger partial charge in [-0.15, -0.1) is 5.98 Å². The van der Waals surface area contributed by atoms with Crippen molar-refractivity contribution < 1.29 is 0 Å². The van der Waals surface area contributed by atoms with Gasteiger partial charge in [0, 0.05) is 35.9 Å². The van der Waals surface area contributed by atoms with Crippen LogP contribution in [0, 0.1) is 6.92 Å². The molecule has 0 atom stereocenters. The molecule has 272 valence electrons. The molecule has 0 radical (unpaired) electrons. The lowest BCUT2D eigenvalue weighted by atomic mass is 9.66. The molecule has 3 heteroatoms. The Kier molecular flexibility index (Phi) is 10.5. The highest BCUT2D eigenvalue weighted by atomic mass is 15.1. The van der Waals surface area contributed by atoms with E-state index in [2.05, 4.69) is 191 Å². The third kappa shape index (κ3) is 7.75. The molecule has 3 aliphatic rings. The van der Waals surface area contributed by atoms with Gasteiger partial charge in [0.2, 0.25) is 0 Å². The van der Waals surface area contributed by atoms with Crippen LogP contribution in [-0.4, -0.2) is 19.2 Å². The van der Waals surface area contributed by atoms with Crippen molar-refractivity contribution in [2.45, 2.75) is 59.8 Å². The Labute approximate surface area is 328 Å². The first-order valence-electron chi connectivity index (χ1n) is 19.9. The summed E-state index contributed by atoms with van der Waals surface area (Å²) in [5.74, 6) is 2.33. The highest BCUT2D eigenvalue weighted by Crippen LogP contribution is 2.41. The Morgan fingerprint density at radius 3 is 2.29 bits per heavy atom. The monoisotopic (exact) mass is 714 g/mol. The first kappa shape index (κ1) is 36.2. The fourth-order valence-electron chi connectivity index (χ4n) is 8.48. The second kappa shape index (κ2) is 15.9. The van der Waals surface area contributed by atoms with E-state index in [9.17, 15) is 0 Å². The number of benzene rings is 5. The molecule has 0 aliphatic heterocycles. The third-order valence-corrected chi connectivity index (χ3v) is 11.6. The van der Waals surface area contributed by atoms with Crippen molar-refractivity contribution in [3.8, 4) is 22.3 Å². The summed E-state index contributed by atoms with van der Waals surface area (Å²) < 4.78 is 0. The van der Waals surface area contributed by atoms with E-state index in [1.165, 1.54) is 88.7 Å². The highest BCUT2D eigenvalue weighted by Gasteiger charge is 2.22. The number of aryl methyl sites for hydroxylation is 1. The molecule has 2 nitrogen and oxygen atoms in total. The van der Waals surface area contributed by atoms with E-state index in [1.807, 2.05) is 0 Å². The smallest absolute Gasteiger partial charge is 0.183 e. The lowest BCUT2D eigenvalue weighted by Crippen LogP contribution is -2.17. The van der Waals surface area contributed by atoms with Crippen molar-refractivity contribution in [3.05, 3.63) is 190 Å². The maximum atomic E-state index is 3.94. The number of nitrogens with zero attached hydrogens (tertiary/aromatic N) is 1. The predicted molar refractivity (Wildman–Crippen MR) is 241 cm³/mol. The van der Waals surface area contributed by atoms with Crippen LogP contribution in [0.1, 0.15) is 68.7 Å². The van der Waals surface area contributed by atoms with Gasteiger partial charge in [-0.2, -0.15) is 0 Å². The first-order valence-corrected chi connectivity index (χ1v) is 19.9. The van der Waals surface area contributed by atoms with Crippen LogP contribution < -0.4 is 10.8 Å². The Hall–Kier alpha value is -5.80. The zero-order valence-corrected chi connectivity index (χ0v) is 33.0. The molecular formula is C52H51BN2. The van der Waals surface area contributed by atoms with Gasteiger partial charge in [0.1, 0.15) is 0 Å². The van der Waals surface area contributed by atoms with Crippen LogP contribution in [0.25, 0.3) is 38.6 Å². The van der Waals surface area contributed by atoms with Crippen LogP contribution in [-0.2, 0) is 6.42 Å². The van der Waals surface area contributed by atoms with Crippen LogP contribution >= 0.6 is 0 Å². The van der Waals surface area contributed by atoms with E-state index >= 15 is 0 Å². The second-order valence-corrected chi connectivity index (χ2v) is 15.6. The molecule has 0 unspecified atom stereocenters. The fraction of sp³-hybridized carbons (Fsp3) is 0.192. The number of hydrogen-bond acceptors (Lipinski definition) is 2. The molecule has 0 fully saturated rings. The lowest BCUT2D eigenvalue weighted by Gasteiger charge is -2.21. The van der Waals surface area contributed by atoms with Gasteiger partial charge in [0.05, 0.1) is 0 Å². The third-order valence-electron chi connectivity index (χ3n) is 11.6. The summed E-state index contributed by atoms with van der Waals surface area (Å²) in [5, 5.41) is 6.41. The number of anilines is 2. The molecule has 0 heterocycles. The average molecular weight is 715 g/mol. The van der Waals surface area contributed by atoms with Crippen LogP contribution in [0.15, 0.2) is 168 Å². The Morgan fingerprint density at radius 2 is 1.47 bits per heavy atom. The minimum absolute atomic E-state index is 0.839. The molecular weight excluding hydrogens is 663 g/mol. The van der Waals surface area contributed by atoms with E-state index in [1.54, 1.807) is 0 Å². The summed E-state index contributed by atoms with van der Waals surface area (Å²) in [6.45, 7) is 8.94. The van der Waals surface area contributed by atoms with Gasteiger partial charge >= 0.3 is 0 Å². The van der Waals surface area contributed by atoms with Crippen molar-refractivity contribution in [1.29, 1.82) is 0 Å². The molecule has 0 amide bonds. The standard InChI is InChI=1S/C52H51BN2/c1-35(15-14-28-55(5)52-23-13-7-17-38(52)4)26-27-53-50-31-42-29-41-20-10-12-22-45(41)47(42)34-48(50)49-30-39-18-8-9-19-40(39)32-51(49)54-43-25-24-37(3)46(33-43)44-21-11-6-16-36(44)2/h8-15,18-28,30-34,53-54H,6-7,16-17,29H2,1-5H3/b27-26+,28-14-,35-15-. The summed E-state index contributed by atoms with van der Waals surface area (Å²) in [6, 6.07) is 34.2. The molecule has 55 heavy (non-hydrogen) atoms. The van der Waals surface area contributed by atoms with Gasteiger partial charge < -0.3 is 10.2 Å². The van der Waals surface area contributed by atoms with Crippen molar-refractivity contribution >= 4 is 40.5 Å². The molecule has 0 spiro atoms. The largest absolute Gasteiger partial charge is 0.355 e. The normalized spacial score (nSPS) is 15.4. The fourth-order valence-corrected chi connectivity index (χ4v) is 8.48. The number of rotatable bonds is 10. The number of hydrogen-bond donors (Lipinski definition) is 1. The SMILES string of the molecule is CC1=C(c2cc(Nc3cc4ccccc4cc3-c3cc4c(cc3B/C=C/C(C)=C\C=C/N(C)C3=C(C)CCC=C3)Cc3ccccc3-4)ccc2C)C=CCC1. The molecule has 1 N–H and O–H groups in total. The molecule has 8 rings (SSSR count). The quantitative estimate of drug-likeness (QED) is 0.112.